The number of carboxylic acids is 1. The molecule has 1 saturated carbocycles. The number of carboxylic acid groups (broad SMARTS) is 1. The molecule has 0 amide bonds. The van der Waals surface area contributed by atoms with Crippen LogP contribution in [0.3, 0.4) is 0 Å². The van der Waals surface area contributed by atoms with Crippen LogP contribution in [0.4, 0.5) is 11.5 Å². The summed E-state index contributed by atoms with van der Waals surface area (Å²) in [6.45, 7) is 1.35. The first-order chi connectivity index (χ1) is 9.68. The largest absolute Gasteiger partial charge is 0.478 e. The first-order valence-corrected chi connectivity index (χ1v) is 7.04. The van der Waals surface area contributed by atoms with E-state index in [1.165, 1.54) is 25.1 Å². The summed E-state index contributed by atoms with van der Waals surface area (Å²) in [6.07, 6.45) is 6.19. The zero-order chi connectivity index (χ0) is 14.1. The number of rotatable bonds is 2. The quantitative estimate of drug-likeness (QED) is 0.851. The Bertz CT molecular complexity index is 518. The molecule has 108 valence electrons. The number of aromatic carboxylic acids is 1. The monoisotopic (exact) mass is 277 g/mol. The molecule has 1 aromatic rings. The van der Waals surface area contributed by atoms with Crippen LogP contribution in [-0.4, -0.2) is 41.4 Å². The van der Waals surface area contributed by atoms with Crippen molar-refractivity contribution >= 4 is 17.5 Å². The first kappa shape index (κ1) is 13.2. The van der Waals surface area contributed by atoms with Gasteiger partial charge in [0.25, 0.3) is 0 Å². The molecule has 2 aliphatic rings. The van der Waals surface area contributed by atoms with Crippen LogP contribution in [0, 0.1) is 0 Å². The number of nitrogen functional groups attached to an aromatic ring is 1. The second-order valence-electron chi connectivity index (χ2n) is 5.36. The molecule has 2 heterocycles. The molecule has 1 saturated heterocycles. The normalized spacial score (nSPS) is 26.1. The summed E-state index contributed by atoms with van der Waals surface area (Å²) in [7, 11) is 0. The van der Waals surface area contributed by atoms with Crippen LogP contribution >= 0.6 is 0 Å². The Morgan fingerprint density at radius 1 is 1.45 bits per heavy atom. The fourth-order valence-electron chi connectivity index (χ4n) is 3.24. The zero-order valence-electron chi connectivity index (χ0n) is 11.3. The molecular weight excluding hydrogens is 258 g/mol. The van der Waals surface area contributed by atoms with Gasteiger partial charge in [-0.1, -0.05) is 12.8 Å². The van der Waals surface area contributed by atoms with Gasteiger partial charge in [0.1, 0.15) is 0 Å². The summed E-state index contributed by atoms with van der Waals surface area (Å²) in [6, 6.07) is 1.70. The molecule has 2 fully saturated rings. The topological polar surface area (TPSA) is 88.7 Å². The summed E-state index contributed by atoms with van der Waals surface area (Å²) in [5.74, 6) is -0.426. The number of hydrogen-bond acceptors (Lipinski definition) is 5. The van der Waals surface area contributed by atoms with Crippen molar-refractivity contribution in [3.63, 3.8) is 0 Å². The van der Waals surface area contributed by atoms with Gasteiger partial charge in [-0.25, -0.2) is 9.78 Å². The fourth-order valence-corrected chi connectivity index (χ4v) is 3.24. The van der Waals surface area contributed by atoms with E-state index in [1.54, 1.807) is 0 Å². The number of nitrogens with two attached hydrogens (primary N) is 1. The van der Waals surface area contributed by atoms with Crippen molar-refractivity contribution in [2.45, 2.75) is 37.8 Å². The van der Waals surface area contributed by atoms with E-state index in [2.05, 4.69) is 9.88 Å². The summed E-state index contributed by atoms with van der Waals surface area (Å²) in [4.78, 5) is 17.6. The molecule has 2 unspecified atom stereocenters. The van der Waals surface area contributed by atoms with Gasteiger partial charge in [0.2, 0.25) is 0 Å². The molecule has 0 radical (unpaired) electrons. The molecule has 20 heavy (non-hydrogen) atoms. The lowest BCUT2D eigenvalue weighted by atomic mass is 9.90. The van der Waals surface area contributed by atoms with Crippen LogP contribution < -0.4 is 10.6 Å². The molecule has 3 rings (SSSR count). The smallest absolute Gasteiger partial charge is 0.337 e. The number of anilines is 2. The van der Waals surface area contributed by atoms with Crippen LogP contribution in [-0.2, 0) is 4.74 Å². The highest BCUT2D eigenvalue weighted by atomic mass is 16.5. The Morgan fingerprint density at radius 3 is 3.05 bits per heavy atom. The van der Waals surface area contributed by atoms with Crippen LogP contribution in [0.1, 0.15) is 36.0 Å². The number of hydrogen-bond donors (Lipinski definition) is 2. The highest BCUT2D eigenvalue weighted by Crippen LogP contribution is 2.34. The maximum absolute atomic E-state index is 11.2. The van der Waals surface area contributed by atoms with Gasteiger partial charge in [-0.15, -0.1) is 0 Å². The lowest BCUT2D eigenvalue weighted by molar-refractivity contribution is -0.00892. The zero-order valence-corrected chi connectivity index (χ0v) is 11.3. The summed E-state index contributed by atoms with van der Waals surface area (Å²) < 4.78 is 5.82. The fraction of sp³-hybridized carbons (Fsp3) is 0.571. The SMILES string of the molecule is Nc1c(C(=O)O)ccnc1N1CCOC2CCCCC21. The molecule has 1 aliphatic heterocycles. The average Bonchev–Trinajstić information content (AvgIpc) is 2.47. The molecular formula is C14H19N3O3. The molecule has 3 N–H and O–H groups in total. The van der Waals surface area contributed by atoms with Gasteiger partial charge < -0.3 is 20.5 Å². The minimum absolute atomic E-state index is 0.119. The molecule has 1 aliphatic carbocycles. The Balaban J connectivity index is 1.95. The van der Waals surface area contributed by atoms with Gasteiger partial charge in [-0.2, -0.15) is 0 Å². The molecule has 0 bridgehead atoms. The third-order valence-electron chi connectivity index (χ3n) is 4.20. The predicted molar refractivity (Wildman–Crippen MR) is 75.0 cm³/mol. The van der Waals surface area contributed by atoms with Crippen molar-refractivity contribution in [1.29, 1.82) is 0 Å². The second kappa shape index (κ2) is 5.28. The molecule has 0 aromatic carbocycles. The van der Waals surface area contributed by atoms with Crippen molar-refractivity contribution in [2.75, 3.05) is 23.8 Å². The van der Waals surface area contributed by atoms with Gasteiger partial charge in [-0.3, -0.25) is 0 Å². The molecule has 6 heteroatoms. The Morgan fingerprint density at radius 2 is 2.25 bits per heavy atom. The summed E-state index contributed by atoms with van der Waals surface area (Å²) >= 11 is 0. The van der Waals surface area contributed by atoms with E-state index >= 15 is 0 Å². The Kier molecular flexibility index (Phi) is 3.48. The van der Waals surface area contributed by atoms with E-state index in [0.717, 1.165) is 12.8 Å². The van der Waals surface area contributed by atoms with Crippen LogP contribution in [0.15, 0.2) is 12.3 Å². The predicted octanol–water partition coefficient (Wildman–Crippen LogP) is 1.51. The molecule has 6 nitrogen and oxygen atoms in total. The van der Waals surface area contributed by atoms with Crippen molar-refractivity contribution in [1.82, 2.24) is 4.98 Å². The van der Waals surface area contributed by atoms with Gasteiger partial charge in [0, 0.05) is 12.7 Å². The lowest BCUT2D eigenvalue weighted by Gasteiger charge is -2.44. The summed E-state index contributed by atoms with van der Waals surface area (Å²) in [5, 5.41) is 9.17. The van der Waals surface area contributed by atoms with Crippen molar-refractivity contribution in [3.8, 4) is 0 Å². The van der Waals surface area contributed by atoms with E-state index in [9.17, 15) is 4.79 Å². The second-order valence-corrected chi connectivity index (χ2v) is 5.36. The van der Waals surface area contributed by atoms with Gasteiger partial charge in [0.15, 0.2) is 5.82 Å². The molecule has 1 aromatic heterocycles. The van der Waals surface area contributed by atoms with Crippen LogP contribution in [0.2, 0.25) is 0 Å². The average molecular weight is 277 g/mol. The maximum Gasteiger partial charge on any atom is 0.337 e. The highest BCUT2D eigenvalue weighted by Gasteiger charge is 2.36. The van der Waals surface area contributed by atoms with Crippen LogP contribution in [0.5, 0.6) is 0 Å². The third-order valence-corrected chi connectivity index (χ3v) is 4.20. The minimum Gasteiger partial charge on any atom is -0.478 e. The van der Waals surface area contributed by atoms with Gasteiger partial charge in [0.05, 0.1) is 30.0 Å². The van der Waals surface area contributed by atoms with Crippen molar-refractivity contribution in [3.05, 3.63) is 17.8 Å². The highest BCUT2D eigenvalue weighted by molar-refractivity contribution is 5.96. The first-order valence-electron chi connectivity index (χ1n) is 7.04. The third kappa shape index (κ3) is 2.20. The standard InChI is InChI=1S/C14H19N3O3/c15-12-9(14(18)19)5-6-16-13(12)17-7-8-20-11-4-2-1-3-10(11)17/h5-6,10-11H,1-4,7-8,15H2,(H,18,19). The van der Waals surface area contributed by atoms with Crippen molar-refractivity contribution < 1.29 is 14.6 Å². The van der Waals surface area contributed by atoms with E-state index in [4.69, 9.17) is 15.6 Å². The molecule has 0 spiro atoms. The Labute approximate surface area is 117 Å². The van der Waals surface area contributed by atoms with Crippen LogP contribution in [0.25, 0.3) is 0 Å². The minimum atomic E-state index is -1.01. The number of nitrogens with zero attached hydrogens (tertiary/aromatic N) is 2. The molecule has 2 atom stereocenters. The van der Waals surface area contributed by atoms with E-state index in [1.807, 2.05) is 0 Å². The van der Waals surface area contributed by atoms with Gasteiger partial charge >= 0.3 is 5.97 Å². The van der Waals surface area contributed by atoms with E-state index in [0.29, 0.717) is 19.0 Å². The van der Waals surface area contributed by atoms with E-state index in [-0.39, 0.29) is 23.4 Å². The number of ether oxygens (including phenoxy) is 1. The van der Waals surface area contributed by atoms with Crippen molar-refractivity contribution in [2.24, 2.45) is 0 Å². The maximum atomic E-state index is 11.2. The number of fused-ring (bicyclic) bond motifs is 1. The number of pyridine rings is 1. The van der Waals surface area contributed by atoms with Gasteiger partial charge in [-0.05, 0) is 18.9 Å². The number of aromatic nitrogens is 1. The number of morpholine rings is 1. The Hall–Kier alpha value is -1.82. The van der Waals surface area contributed by atoms with E-state index < -0.39 is 5.97 Å². The lowest BCUT2D eigenvalue weighted by Crippen LogP contribution is -2.53. The summed E-state index contributed by atoms with van der Waals surface area (Å²) in [5.41, 5.74) is 6.39. The number of carbonyl (C=O) groups is 1.